The van der Waals surface area contributed by atoms with Crippen molar-refractivity contribution in [3.63, 3.8) is 0 Å². The van der Waals surface area contributed by atoms with Crippen molar-refractivity contribution in [2.45, 2.75) is 64.5 Å². The van der Waals surface area contributed by atoms with Crippen LogP contribution in [0.2, 0.25) is 0 Å². The zero-order valence-electron chi connectivity index (χ0n) is 13.9. The molecule has 0 spiro atoms. The van der Waals surface area contributed by atoms with E-state index in [9.17, 15) is 9.00 Å². The monoisotopic (exact) mass is 309 g/mol. The molecule has 0 aliphatic carbocycles. The van der Waals surface area contributed by atoms with Crippen LogP contribution >= 0.6 is 0 Å². The largest absolute Gasteiger partial charge is 0.350 e. The van der Waals surface area contributed by atoms with E-state index in [0.717, 1.165) is 23.1 Å². The molecule has 2 atom stereocenters. The molecular weight excluding hydrogens is 282 g/mol. The van der Waals surface area contributed by atoms with Crippen LogP contribution in [-0.4, -0.2) is 20.9 Å². The summed E-state index contributed by atoms with van der Waals surface area (Å²) in [7, 11) is -1.21. The average Bonchev–Trinajstić information content (AvgIpc) is 2.41. The molecule has 1 rings (SSSR count). The lowest BCUT2D eigenvalue weighted by Gasteiger charge is -2.26. The quantitative estimate of drug-likeness (QED) is 0.877. The fraction of sp³-hybridized carbons (Fsp3) is 0.588. The van der Waals surface area contributed by atoms with Crippen LogP contribution in [0.1, 0.15) is 50.8 Å². The van der Waals surface area contributed by atoms with Gasteiger partial charge in [0.2, 0.25) is 5.91 Å². The third-order valence-corrected chi connectivity index (χ3v) is 5.51. The SMILES string of the molecule is CCC(C)(C)NC(=O)[C@H](C)[S@@](=O)Cc1cc(C)ccc1C. The number of nitrogens with one attached hydrogen (secondary N) is 1. The molecule has 1 aromatic rings. The number of aryl methyl sites for hydroxylation is 2. The highest BCUT2D eigenvalue weighted by atomic mass is 32.2. The van der Waals surface area contributed by atoms with E-state index in [1.165, 1.54) is 0 Å². The summed E-state index contributed by atoms with van der Waals surface area (Å²) >= 11 is 0. The van der Waals surface area contributed by atoms with Crippen molar-refractivity contribution in [2.75, 3.05) is 0 Å². The van der Waals surface area contributed by atoms with Crippen LogP contribution in [0.3, 0.4) is 0 Å². The van der Waals surface area contributed by atoms with Crippen LogP contribution in [-0.2, 0) is 21.3 Å². The van der Waals surface area contributed by atoms with Crippen molar-refractivity contribution in [1.82, 2.24) is 5.32 Å². The van der Waals surface area contributed by atoms with Crippen molar-refractivity contribution in [3.05, 3.63) is 34.9 Å². The topological polar surface area (TPSA) is 46.2 Å². The third-order valence-electron chi connectivity index (χ3n) is 3.91. The number of benzene rings is 1. The number of amides is 1. The second-order valence-corrected chi connectivity index (χ2v) is 8.08. The summed E-state index contributed by atoms with van der Waals surface area (Å²) in [5.41, 5.74) is 3.07. The molecule has 0 bridgehead atoms. The summed E-state index contributed by atoms with van der Waals surface area (Å²) < 4.78 is 12.4. The maximum Gasteiger partial charge on any atom is 0.235 e. The Kier molecular flexibility index (Phi) is 6.14. The fourth-order valence-corrected chi connectivity index (χ4v) is 3.04. The van der Waals surface area contributed by atoms with Crippen molar-refractivity contribution >= 4 is 16.7 Å². The highest BCUT2D eigenvalue weighted by molar-refractivity contribution is 7.85. The van der Waals surface area contributed by atoms with Crippen molar-refractivity contribution in [1.29, 1.82) is 0 Å². The van der Waals surface area contributed by atoms with Gasteiger partial charge in [0.05, 0.1) is 0 Å². The highest BCUT2D eigenvalue weighted by Gasteiger charge is 2.25. The normalized spacial score (nSPS) is 14.6. The van der Waals surface area contributed by atoms with Gasteiger partial charge in [-0.25, -0.2) is 0 Å². The number of hydrogen-bond donors (Lipinski definition) is 1. The Labute approximate surface area is 131 Å². The van der Waals surface area contributed by atoms with Gasteiger partial charge in [-0.15, -0.1) is 0 Å². The predicted octanol–water partition coefficient (Wildman–Crippen LogP) is 3.25. The second kappa shape index (κ2) is 7.21. The van der Waals surface area contributed by atoms with E-state index in [-0.39, 0.29) is 11.4 Å². The zero-order valence-corrected chi connectivity index (χ0v) is 14.8. The van der Waals surface area contributed by atoms with Gasteiger partial charge in [-0.3, -0.25) is 9.00 Å². The fourth-order valence-electron chi connectivity index (χ4n) is 1.88. The molecule has 0 saturated carbocycles. The Morgan fingerprint density at radius 2 is 1.95 bits per heavy atom. The van der Waals surface area contributed by atoms with Crippen LogP contribution in [0.15, 0.2) is 18.2 Å². The molecule has 0 unspecified atom stereocenters. The van der Waals surface area contributed by atoms with Crippen molar-refractivity contribution in [2.24, 2.45) is 0 Å². The molecule has 0 heterocycles. The summed E-state index contributed by atoms with van der Waals surface area (Å²) in [5.74, 6) is 0.291. The van der Waals surface area contributed by atoms with Crippen molar-refractivity contribution < 1.29 is 9.00 Å². The molecule has 0 saturated heterocycles. The minimum absolute atomic E-state index is 0.134. The zero-order chi connectivity index (χ0) is 16.2. The standard InChI is InChI=1S/C17H27NO2S/c1-7-17(5,6)18-16(19)14(4)21(20)11-15-10-12(2)8-9-13(15)3/h8-10,14H,7,11H2,1-6H3,(H,18,19)/t14-,21-/m0/s1. The predicted molar refractivity (Wildman–Crippen MR) is 89.7 cm³/mol. The van der Waals surface area contributed by atoms with E-state index in [1.807, 2.05) is 52.8 Å². The second-order valence-electron chi connectivity index (χ2n) is 6.32. The van der Waals surface area contributed by atoms with Gasteiger partial charge in [0.25, 0.3) is 0 Å². The number of hydrogen-bond acceptors (Lipinski definition) is 2. The van der Waals surface area contributed by atoms with Crippen LogP contribution < -0.4 is 5.32 Å². The Hall–Kier alpha value is -1.16. The van der Waals surface area contributed by atoms with Gasteiger partial charge in [0, 0.05) is 22.1 Å². The van der Waals surface area contributed by atoms with Crippen LogP contribution in [0.25, 0.3) is 0 Å². The Balaban J connectivity index is 2.75. The van der Waals surface area contributed by atoms with E-state index in [1.54, 1.807) is 6.92 Å². The molecule has 118 valence electrons. The smallest absolute Gasteiger partial charge is 0.235 e. The van der Waals surface area contributed by atoms with Gasteiger partial charge in [0.1, 0.15) is 5.25 Å². The molecule has 1 amide bonds. The van der Waals surface area contributed by atoms with Gasteiger partial charge in [0.15, 0.2) is 0 Å². The van der Waals surface area contributed by atoms with E-state index < -0.39 is 16.0 Å². The van der Waals surface area contributed by atoms with Gasteiger partial charge >= 0.3 is 0 Å². The maximum absolute atomic E-state index is 12.4. The molecule has 3 nitrogen and oxygen atoms in total. The van der Waals surface area contributed by atoms with Gasteiger partial charge < -0.3 is 5.32 Å². The van der Waals surface area contributed by atoms with Crippen LogP contribution in [0.5, 0.6) is 0 Å². The van der Waals surface area contributed by atoms with E-state index in [0.29, 0.717) is 5.75 Å². The number of carbonyl (C=O) groups excluding carboxylic acids is 1. The first kappa shape index (κ1) is 17.9. The molecule has 0 aliphatic rings. The molecule has 0 radical (unpaired) electrons. The minimum atomic E-state index is -1.21. The Morgan fingerprint density at radius 3 is 2.52 bits per heavy atom. The van der Waals surface area contributed by atoms with E-state index >= 15 is 0 Å². The van der Waals surface area contributed by atoms with E-state index in [2.05, 4.69) is 5.32 Å². The summed E-state index contributed by atoms with van der Waals surface area (Å²) in [6.45, 7) is 11.7. The van der Waals surface area contributed by atoms with Gasteiger partial charge in [-0.2, -0.15) is 0 Å². The third kappa shape index (κ3) is 5.27. The lowest BCUT2D eigenvalue weighted by atomic mass is 10.0. The lowest BCUT2D eigenvalue weighted by Crippen LogP contribution is -2.47. The Morgan fingerprint density at radius 1 is 1.33 bits per heavy atom. The van der Waals surface area contributed by atoms with Crippen LogP contribution in [0.4, 0.5) is 0 Å². The van der Waals surface area contributed by atoms with Gasteiger partial charge in [-0.05, 0) is 52.2 Å². The van der Waals surface area contributed by atoms with Crippen LogP contribution in [0, 0.1) is 13.8 Å². The molecule has 0 aromatic heterocycles. The molecular formula is C17H27NO2S. The van der Waals surface area contributed by atoms with E-state index in [4.69, 9.17) is 0 Å². The molecule has 4 heteroatoms. The summed E-state index contributed by atoms with van der Waals surface area (Å²) in [6.07, 6.45) is 0.842. The molecule has 1 aromatic carbocycles. The summed E-state index contributed by atoms with van der Waals surface area (Å²) in [5, 5.41) is 2.46. The van der Waals surface area contributed by atoms with Gasteiger partial charge in [-0.1, -0.05) is 30.7 Å². The highest BCUT2D eigenvalue weighted by Crippen LogP contribution is 2.15. The molecule has 21 heavy (non-hydrogen) atoms. The maximum atomic E-state index is 12.4. The molecule has 1 N–H and O–H groups in total. The average molecular weight is 309 g/mol. The lowest BCUT2D eigenvalue weighted by molar-refractivity contribution is -0.121. The molecule has 0 fully saturated rings. The minimum Gasteiger partial charge on any atom is -0.350 e. The summed E-state index contributed by atoms with van der Waals surface area (Å²) in [4.78, 5) is 12.2. The van der Waals surface area contributed by atoms with Crippen molar-refractivity contribution in [3.8, 4) is 0 Å². The first-order valence-corrected chi connectivity index (χ1v) is 8.80. The Bertz CT molecular complexity index is 538. The number of rotatable bonds is 6. The summed E-state index contributed by atoms with van der Waals surface area (Å²) in [6, 6.07) is 6.13. The number of carbonyl (C=O) groups is 1. The first-order valence-electron chi connectivity index (χ1n) is 7.41. The molecule has 0 aliphatic heterocycles. The first-order chi connectivity index (χ1) is 9.66.